The molecule has 1 aliphatic heterocycles. The zero-order valence-corrected chi connectivity index (χ0v) is 17.3. The van der Waals surface area contributed by atoms with Crippen molar-refractivity contribution < 1.29 is 9.52 Å². The fraction of sp³-hybridized carbons (Fsp3) is 0.524. The van der Waals surface area contributed by atoms with Crippen LogP contribution in [0.3, 0.4) is 0 Å². The summed E-state index contributed by atoms with van der Waals surface area (Å²) in [5.41, 5.74) is 0.831. The molecule has 2 N–H and O–H groups in total. The predicted molar refractivity (Wildman–Crippen MR) is 112 cm³/mol. The molecule has 3 rings (SSSR count). The number of aromatic nitrogens is 1. The Hall–Kier alpha value is -2.70. The van der Waals surface area contributed by atoms with Crippen molar-refractivity contribution in [3.05, 3.63) is 42.1 Å². The highest BCUT2D eigenvalue weighted by Gasteiger charge is 2.22. The number of oxazole rings is 1. The number of anilines is 1. The van der Waals surface area contributed by atoms with E-state index in [1.54, 1.807) is 12.3 Å². The van der Waals surface area contributed by atoms with Crippen molar-refractivity contribution >= 4 is 11.6 Å². The first kappa shape index (κ1) is 20.0. The molecule has 2 aromatic rings. The fourth-order valence-electron chi connectivity index (χ4n) is 3.19. The van der Waals surface area contributed by atoms with Crippen LogP contribution in [0.5, 0.6) is 5.75 Å². The molecule has 0 atom stereocenters. The smallest absolute Gasteiger partial charge is 0.216 e. The van der Waals surface area contributed by atoms with Gasteiger partial charge in [-0.3, -0.25) is 0 Å². The highest BCUT2D eigenvalue weighted by atomic mass is 16.4. The van der Waals surface area contributed by atoms with Gasteiger partial charge in [-0.05, 0) is 19.1 Å². The first-order valence-corrected chi connectivity index (χ1v) is 9.90. The van der Waals surface area contributed by atoms with Crippen LogP contribution in [-0.4, -0.2) is 53.7 Å². The SMILES string of the molecule is CCNC(=NCc1ncc(C(C)(C)C)o1)N1CCN(c2ccccc2O)CC1. The van der Waals surface area contributed by atoms with E-state index >= 15 is 0 Å². The number of piperazine rings is 1. The summed E-state index contributed by atoms with van der Waals surface area (Å²) in [6.07, 6.45) is 1.79. The van der Waals surface area contributed by atoms with Crippen LogP contribution >= 0.6 is 0 Å². The molecule has 7 nitrogen and oxygen atoms in total. The van der Waals surface area contributed by atoms with Crippen LogP contribution in [0.1, 0.15) is 39.3 Å². The molecule has 28 heavy (non-hydrogen) atoms. The van der Waals surface area contributed by atoms with Crippen molar-refractivity contribution in [1.29, 1.82) is 0 Å². The van der Waals surface area contributed by atoms with Gasteiger partial charge in [-0.2, -0.15) is 0 Å². The number of para-hydroxylation sites is 2. The molecule has 1 saturated heterocycles. The standard InChI is InChI=1S/C21H31N5O2/c1-5-22-20(24-15-19-23-14-18(28-19)21(2,3)4)26-12-10-25(11-13-26)16-8-6-7-9-17(16)27/h6-9,14,27H,5,10-13,15H2,1-4H3,(H,22,24). The minimum Gasteiger partial charge on any atom is -0.506 e. The van der Waals surface area contributed by atoms with Gasteiger partial charge in [0.15, 0.2) is 5.96 Å². The molecule has 1 aromatic heterocycles. The van der Waals surface area contributed by atoms with Gasteiger partial charge in [-0.25, -0.2) is 9.98 Å². The summed E-state index contributed by atoms with van der Waals surface area (Å²) >= 11 is 0. The van der Waals surface area contributed by atoms with Gasteiger partial charge in [0.1, 0.15) is 18.1 Å². The maximum Gasteiger partial charge on any atom is 0.216 e. The molecule has 152 valence electrons. The van der Waals surface area contributed by atoms with E-state index in [9.17, 15) is 5.11 Å². The van der Waals surface area contributed by atoms with Crippen molar-refractivity contribution in [2.75, 3.05) is 37.6 Å². The number of hydrogen-bond acceptors (Lipinski definition) is 5. The van der Waals surface area contributed by atoms with Gasteiger partial charge in [0, 0.05) is 38.1 Å². The monoisotopic (exact) mass is 385 g/mol. The zero-order chi connectivity index (χ0) is 20.1. The lowest BCUT2D eigenvalue weighted by Crippen LogP contribution is -2.52. The maximum atomic E-state index is 10.1. The molecule has 0 radical (unpaired) electrons. The molecule has 2 heterocycles. The molecule has 0 bridgehead atoms. The molecule has 0 aliphatic carbocycles. The Labute approximate surface area is 167 Å². The average molecular weight is 386 g/mol. The molecule has 1 fully saturated rings. The van der Waals surface area contributed by atoms with Crippen LogP contribution < -0.4 is 10.2 Å². The van der Waals surface area contributed by atoms with E-state index < -0.39 is 0 Å². The molecule has 0 saturated carbocycles. The first-order chi connectivity index (χ1) is 13.4. The van der Waals surface area contributed by atoms with Crippen molar-refractivity contribution in [2.45, 2.75) is 39.7 Å². The molecule has 1 aromatic carbocycles. The van der Waals surface area contributed by atoms with Crippen molar-refractivity contribution in [2.24, 2.45) is 4.99 Å². The third-order valence-corrected chi connectivity index (χ3v) is 4.79. The number of aromatic hydroxyl groups is 1. The van der Waals surface area contributed by atoms with E-state index in [1.165, 1.54) is 0 Å². The summed E-state index contributed by atoms with van der Waals surface area (Å²) in [4.78, 5) is 13.5. The summed E-state index contributed by atoms with van der Waals surface area (Å²) in [5, 5.41) is 13.4. The van der Waals surface area contributed by atoms with Gasteiger partial charge in [0.05, 0.1) is 11.9 Å². The van der Waals surface area contributed by atoms with Gasteiger partial charge in [0.25, 0.3) is 0 Å². The summed E-state index contributed by atoms with van der Waals surface area (Å²) in [7, 11) is 0. The Morgan fingerprint density at radius 1 is 1.21 bits per heavy atom. The topological polar surface area (TPSA) is 77.1 Å². The lowest BCUT2D eigenvalue weighted by atomic mass is 9.94. The summed E-state index contributed by atoms with van der Waals surface area (Å²) in [6, 6.07) is 7.49. The van der Waals surface area contributed by atoms with E-state index in [4.69, 9.17) is 9.41 Å². The number of hydrogen-bond donors (Lipinski definition) is 2. The minimum atomic E-state index is -0.0568. The maximum absolute atomic E-state index is 10.1. The zero-order valence-electron chi connectivity index (χ0n) is 17.3. The Kier molecular flexibility index (Phi) is 6.11. The molecule has 7 heteroatoms. The second-order valence-corrected chi connectivity index (χ2v) is 8.00. The number of benzene rings is 1. The lowest BCUT2D eigenvalue weighted by molar-refractivity contribution is 0.365. The Balaban J connectivity index is 1.64. The van der Waals surface area contributed by atoms with E-state index in [0.29, 0.717) is 18.2 Å². The molecular weight excluding hydrogens is 354 g/mol. The second-order valence-electron chi connectivity index (χ2n) is 8.00. The summed E-state index contributed by atoms with van der Waals surface area (Å²) in [5.74, 6) is 2.71. The van der Waals surface area contributed by atoms with E-state index in [1.807, 2.05) is 18.2 Å². The molecule has 0 unspecified atom stereocenters. The number of rotatable bonds is 4. The Morgan fingerprint density at radius 3 is 2.54 bits per heavy atom. The van der Waals surface area contributed by atoms with Crippen LogP contribution in [0.25, 0.3) is 0 Å². The normalized spacial score (nSPS) is 15.8. The second kappa shape index (κ2) is 8.54. The van der Waals surface area contributed by atoms with Crippen LogP contribution in [0.4, 0.5) is 5.69 Å². The van der Waals surface area contributed by atoms with E-state index in [0.717, 1.165) is 50.1 Å². The largest absolute Gasteiger partial charge is 0.506 e. The molecule has 0 amide bonds. The van der Waals surface area contributed by atoms with Crippen LogP contribution in [0, 0.1) is 0 Å². The Bertz CT molecular complexity index is 801. The van der Waals surface area contributed by atoms with E-state index in [2.05, 4.69) is 47.8 Å². The number of nitrogens with one attached hydrogen (secondary N) is 1. The third kappa shape index (κ3) is 4.77. The fourth-order valence-corrected chi connectivity index (χ4v) is 3.19. The molecule has 1 aliphatic rings. The van der Waals surface area contributed by atoms with E-state index in [-0.39, 0.29) is 5.41 Å². The number of nitrogens with zero attached hydrogens (tertiary/aromatic N) is 4. The Morgan fingerprint density at radius 2 is 1.93 bits per heavy atom. The van der Waals surface area contributed by atoms with Gasteiger partial charge >= 0.3 is 0 Å². The number of guanidine groups is 1. The van der Waals surface area contributed by atoms with Crippen LogP contribution in [0.2, 0.25) is 0 Å². The third-order valence-electron chi connectivity index (χ3n) is 4.79. The van der Waals surface area contributed by atoms with Crippen molar-refractivity contribution in [3.8, 4) is 5.75 Å². The number of phenols is 1. The predicted octanol–water partition coefficient (Wildman–Crippen LogP) is 2.97. The van der Waals surface area contributed by atoms with Gasteiger partial charge < -0.3 is 24.6 Å². The molecular formula is C21H31N5O2. The average Bonchev–Trinajstić information content (AvgIpc) is 3.15. The summed E-state index contributed by atoms with van der Waals surface area (Å²) < 4.78 is 5.85. The van der Waals surface area contributed by atoms with Crippen molar-refractivity contribution in [3.63, 3.8) is 0 Å². The van der Waals surface area contributed by atoms with Gasteiger partial charge in [-0.15, -0.1) is 0 Å². The van der Waals surface area contributed by atoms with Crippen LogP contribution in [-0.2, 0) is 12.0 Å². The number of aliphatic imine (C=N–C) groups is 1. The highest BCUT2D eigenvalue weighted by Crippen LogP contribution is 2.27. The van der Waals surface area contributed by atoms with Crippen LogP contribution in [0.15, 0.2) is 39.9 Å². The quantitative estimate of drug-likeness (QED) is 0.622. The number of phenolic OH excluding ortho intramolecular Hbond substituents is 1. The van der Waals surface area contributed by atoms with Gasteiger partial charge in [0.2, 0.25) is 5.89 Å². The molecule has 0 spiro atoms. The van der Waals surface area contributed by atoms with Gasteiger partial charge in [-0.1, -0.05) is 32.9 Å². The highest BCUT2D eigenvalue weighted by molar-refractivity contribution is 5.80. The first-order valence-electron chi connectivity index (χ1n) is 9.90. The summed E-state index contributed by atoms with van der Waals surface area (Å²) in [6.45, 7) is 12.9. The minimum absolute atomic E-state index is 0.0568. The lowest BCUT2D eigenvalue weighted by Gasteiger charge is -2.37. The van der Waals surface area contributed by atoms with Crippen molar-refractivity contribution in [1.82, 2.24) is 15.2 Å².